The van der Waals surface area contributed by atoms with Gasteiger partial charge in [0.25, 0.3) is 5.69 Å². The highest BCUT2D eigenvalue weighted by Gasteiger charge is 2.34. The molecule has 1 aromatic carbocycles. The predicted octanol–water partition coefficient (Wildman–Crippen LogP) is 3.67. The lowest BCUT2D eigenvalue weighted by molar-refractivity contribution is -0.384. The summed E-state index contributed by atoms with van der Waals surface area (Å²) in [5.74, 6) is 0. The maximum absolute atomic E-state index is 10.6. The van der Waals surface area contributed by atoms with E-state index in [9.17, 15) is 10.1 Å². The first-order chi connectivity index (χ1) is 8.18. The molecule has 0 radical (unpaired) electrons. The number of non-ortho nitro benzene ring substituents is 1. The van der Waals surface area contributed by atoms with Crippen LogP contribution in [0.15, 0.2) is 29.4 Å². The van der Waals surface area contributed by atoms with Gasteiger partial charge in [-0.2, -0.15) is 0 Å². The topological polar surface area (TPSA) is 91.9 Å². The lowest BCUT2D eigenvalue weighted by Crippen LogP contribution is -2.17. The van der Waals surface area contributed by atoms with E-state index >= 15 is 0 Å². The average molecular weight is 232 g/mol. The van der Waals surface area contributed by atoms with Gasteiger partial charge in [-0.05, 0) is 23.9 Å². The van der Waals surface area contributed by atoms with Crippen molar-refractivity contribution in [3.63, 3.8) is 0 Å². The number of rotatable bonds is 3. The zero-order chi connectivity index (χ0) is 12.3. The minimum atomic E-state index is -0.496. The van der Waals surface area contributed by atoms with Gasteiger partial charge in [-0.1, -0.05) is 30.1 Å². The molecule has 0 spiro atoms. The SMILES string of the molecule is [N-]=[N+]=NC1(c2ccc([N+](=O)[O-])cc2)CCCC1. The van der Waals surface area contributed by atoms with Crippen LogP contribution in [0.4, 0.5) is 5.69 Å². The maximum atomic E-state index is 10.6. The Kier molecular flexibility index (Phi) is 2.97. The van der Waals surface area contributed by atoms with Gasteiger partial charge in [0.1, 0.15) is 0 Å². The van der Waals surface area contributed by atoms with Gasteiger partial charge in [-0.25, -0.2) is 0 Å². The number of hydrogen-bond acceptors (Lipinski definition) is 3. The Balaban J connectivity index is 2.37. The first-order valence-electron chi connectivity index (χ1n) is 5.49. The summed E-state index contributed by atoms with van der Waals surface area (Å²) < 4.78 is 0. The third-order valence-electron chi connectivity index (χ3n) is 3.28. The van der Waals surface area contributed by atoms with Crippen LogP contribution in [0, 0.1) is 10.1 Å². The maximum Gasteiger partial charge on any atom is 0.269 e. The zero-order valence-electron chi connectivity index (χ0n) is 9.24. The van der Waals surface area contributed by atoms with Crippen LogP contribution < -0.4 is 0 Å². The molecule has 1 saturated carbocycles. The van der Waals surface area contributed by atoms with Crippen LogP contribution in [0.5, 0.6) is 0 Å². The Labute approximate surface area is 98.0 Å². The molecule has 0 unspecified atom stereocenters. The van der Waals surface area contributed by atoms with Gasteiger partial charge in [0.2, 0.25) is 0 Å². The van der Waals surface area contributed by atoms with Crippen LogP contribution in [0.3, 0.4) is 0 Å². The molecule has 6 nitrogen and oxygen atoms in total. The van der Waals surface area contributed by atoms with Crippen molar-refractivity contribution in [2.45, 2.75) is 31.2 Å². The van der Waals surface area contributed by atoms with Crippen LogP contribution in [0.1, 0.15) is 31.2 Å². The van der Waals surface area contributed by atoms with Crippen LogP contribution in [-0.2, 0) is 5.54 Å². The summed E-state index contributed by atoms with van der Waals surface area (Å²) in [6.45, 7) is 0. The molecule has 0 saturated heterocycles. The van der Waals surface area contributed by atoms with Crippen molar-refractivity contribution in [1.82, 2.24) is 0 Å². The fraction of sp³-hybridized carbons (Fsp3) is 0.455. The van der Waals surface area contributed by atoms with Gasteiger partial charge >= 0.3 is 0 Å². The number of nitrogens with zero attached hydrogens (tertiary/aromatic N) is 4. The molecular weight excluding hydrogens is 220 g/mol. The van der Waals surface area contributed by atoms with E-state index in [1.807, 2.05) is 0 Å². The molecule has 0 heterocycles. The van der Waals surface area contributed by atoms with Crippen molar-refractivity contribution in [2.75, 3.05) is 0 Å². The fourth-order valence-corrected chi connectivity index (χ4v) is 2.39. The molecule has 1 aliphatic rings. The second-order valence-electron chi connectivity index (χ2n) is 4.23. The highest BCUT2D eigenvalue weighted by Crippen LogP contribution is 2.42. The number of azide groups is 1. The molecule has 1 aliphatic carbocycles. The smallest absolute Gasteiger partial charge is 0.258 e. The van der Waals surface area contributed by atoms with Gasteiger partial charge in [-0.15, -0.1) is 0 Å². The molecule has 0 aliphatic heterocycles. The van der Waals surface area contributed by atoms with Crippen molar-refractivity contribution < 1.29 is 4.92 Å². The molecule has 2 rings (SSSR count). The fourth-order valence-electron chi connectivity index (χ4n) is 2.39. The standard InChI is InChI=1S/C11H12N4O2/c12-14-13-11(7-1-2-8-11)9-3-5-10(6-4-9)15(16)17/h3-6H,1-2,7-8H2. The van der Waals surface area contributed by atoms with Gasteiger partial charge in [-0.3, -0.25) is 10.1 Å². The van der Waals surface area contributed by atoms with Gasteiger partial charge in [0.15, 0.2) is 0 Å². The first-order valence-corrected chi connectivity index (χ1v) is 5.49. The summed E-state index contributed by atoms with van der Waals surface area (Å²) in [4.78, 5) is 13.0. The highest BCUT2D eigenvalue weighted by molar-refractivity contribution is 5.36. The van der Waals surface area contributed by atoms with Crippen molar-refractivity contribution in [3.05, 3.63) is 50.4 Å². The second kappa shape index (κ2) is 4.43. The highest BCUT2D eigenvalue weighted by atomic mass is 16.6. The van der Waals surface area contributed by atoms with Crippen LogP contribution in [0.2, 0.25) is 0 Å². The summed E-state index contributed by atoms with van der Waals surface area (Å²) in [7, 11) is 0. The van der Waals surface area contributed by atoms with Crippen molar-refractivity contribution in [3.8, 4) is 0 Å². The van der Waals surface area contributed by atoms with E-state index in [2.05, 4.69) is 10.0 Å². The number of nitro groups is 1. The first kappa shape index (κ1) is 11.4. The lowest BCUT2D eigenvalue weighted by Gasteiger charge is -2.22. The Bertz CT molecular complexity index is 471. The third-order valence-corrected chi connectivity index (χ3v) is 3.28. The Morgan fingerprint density at radius 1 is 1.29 bits per heavy atom. The number of hydrogen-bond donors (Lipinski definition) is 0. The van der Waals surface area contributed by atoms with Crippen LogP contribution in [-0.4, -0.2) is 4.92 Å². The van der Waals surface area contributed by atoms with E-state index < -0.39 is 10.5 Å². The molecule has 0 bridgehead atoms. The minimum absolute atomic E-state index is 0.0582. The van der Waals surface area contributed by atoms with Crippen molar-refractivity contribution in [1.29, 1.82) is 0 Å². The zero-order valence-corrected chi connectivity index (χ0v) is 9.24. The normalized spacial score (nSPS) is 17.4. The molecule has 0 amide bonds. The molecule has 1 fully saturated rings. The lowest BCUT2D eigenvalue weighted by atomic mass is 9.89. The average Bonchev–Trinajstić information content (AvgIpc) is 2.79. The molecular formula is C11H12N4O2. The van der Waals surface area contributed by atoms with E-state index in [0.717, 1.165) is 31.2 Å². The monoisotopic (exact) mass is 232 g/mol. The van der Waals surface area contributed by atoms with Crippen LogP contribution >= 0.6 is 0 Å². The van der Waals surface area contributed by atoms with Gasteiger partial charge in [0, 0.05) is 17.0 Å². The quantitative estimate of drug-likeness (QED) is 0.261. The van der Waals surface area contributed by atoms with Gasteiger partial charge in [0.05, 0.1) is 10.5 Å². The summed E-state index contributed by atoms with van der Waals surface area (Å²) in [5.41, 5.74) is 9.08. The summed E-state index contributed by atoms with van der Waals surface area (Å²) in [5, 5.41) is 14.5. The Morgan fingerprint density at radius 2 is 1.88 bits per heavy atom. The van der Waals surface area contributed by atoms with E-state index in [0.29, 0.717) is 0 Å². The molecule has 17 heavy (non-hydrogen) atoms. The van der Waals surface area contributed by atoms with E-state index in [4.69, 9.17) is 5.53 Å². The molecule has 0 atom stereocenters. The molecule has 6 heteroatoms. The van der Waals surface area contributed by atoms with Crippen LogP contribution in [0.25, 0.3) is 10.4 Å². The van der Waals surface area contributed by atoms with E-state index in [1.54, 1.807) is 12.1 Å². The molecule has 0 aromatic heterocycles. The van der Waals surface area contributed by atoms with Crippen molar-refractivity contribution >= 4 is 5.69 Å². The molecule has 88 valence electrons. The van der Waals surface area contributed by atoms with E-state index in [1.165, 1.54) is 12.1 Å². The molecule has 0 N–H and O–H groups in total. The number of benzene rings is 1. The summed E-state index contributed by atoms with van der Waals surface area (Å²) in [6, 6.07) is 6.31. The minimum Gasteiger partial charge on any atom is -0.258 e. The summed E-state index contributed by atoms with van der Waals surface area (Å²) >= 11 is 0. The molecule has 1 aromatic rings. The van der Waals surface area contributed by atoms with E-state index in [-0.39, 0.29) is 5.69 Å². The third kappa shape index (κ3) is 2.07. The van der Waals surface area contributed by atoms with Crippen molar-refractivity contribution in [2.24, 2.45) is 5.11 Å². The van der Waals surface area contributed by atoms with Gasteiger partial charge < -0.3 is 0 Å². The summed E-state index contributed by atoms with van der Waals surface area (Å²) in [6.07, 6.45) is 3.68. The Morgan fingerprint density at radius 3 is 2.35 bits per heavy atom. The largest absolute Gasteiger partial charge is 0.269 e. The Hall–Kier alpha value is -2.07. The second-order valence-corrected chi connectivity index (χ2v) is 4.23. The predicted molar refractivity (Wildman–Crippen MR) is 62.4 cm³/mol. The number of nitro benzene ring substituents is 1.